The Hall–Kier alpha value is -2.42. The van der Waals surface area contributed by atoms with Crippen molar-refractivity contribution in [2.24, 2.45) is 0 Å². The van der Waals surface area contributed by atoms with Gasteiger partial charge in [-0.2, -0.15) is 5.10 Å². The average Bonchev–Trinajstić information content (AvgIpc) is 3.18. The smallest absolute Gasteiger partial charge is 0.399 e. The molecule has 8 heteroatoms. The standard InChI is InChI=1S/C13H19BO2.C11H8BrN3O/c1-10-6-8-11(9-7-10)14-15-12(2,3)13(4,5)16-14;1-6-4-10-13-14-11(16)15(10)9-5-7(12)2-3-8(6)9/h6-9H,1-5H3;2-5H,1H3,(H,14,16). The minimum atomic E-state index is -0.261. The number of aromatic nitrogens is 3. The average molecular weight is 496 g/mol. The number of nitrogens with zero attached hydrogens (tertiary/aromatic N) is 2. The lowest BCUT2D eigenvalue weighted by atomic mass is 9.79. The number of aryl methyl sites for hydroxylation is 2. The molecule has 1 N–H and O–H groups in total. The van der Waals surface area contributed by atoms with Crippen LogP contribution in [0.1, 0.15) is 38.8 Å². The first-order chi connectivity index (χ1) is 15.0. The van der Waals surface area contributed by atoms with Crippen LogP contribution in [0.25, 0.3) is 16.6 Å². The number of fused-ring (bicyclic) bond motifs is 3. The van der Waals surface area contributed by atoms with E-state index in [1.54, 1.807) is 4.40 Å². The van der Waals surface area contributed by atoms with Crippen LogP contribution in [0.3, 0.4) is 0 Å². The van der Waals surface area contributed by atoms with Gasteiger partial charge in [0, 0.05) is 9.86 Å². The molecule has 32 heavy (non-hydrogen) atoms. The van der Waals surface area contributed by atoms with Crippen LogP contribution in [0.2, 0.25) is 0 Å². The van der Waals surface area contributed by atoms with Crippen molar-refractivity contribution < 1.29 is 9.31 Å². The Morgan fingerprint density at radius 3 is 2.22 bits per heavy atom. The molecule has 1 aliphatic heterocycles. The summed E-state index contributed by atoms with van der Waals surface area (Å²) in [6, 6.07) is 16.1. The molecule has 5 rings (SSSR count). The van der Waals surface area contributed by atoms with Gasteiger partial charge in [0.05, 0.1) is 16.7 Å². The second kappa shape index (κ2) is 8.17. The molecule has 6 nitrogen and oxygen atoms in total. The summed E-state index contributed by atoms with van der Waals surface area (Å²) in [5.41, 5.74) is 4.22. The number of hydrogen-bond acceptors (Lipinski definition) is 4. The number of hydrogen-bond donors (Lipinski definition) is 1. The highest BCUT2D eigenvalue weighted by atomic mass is 79.9. The fraction of sp³-hybridized carbons (Fsp3) is 0.333. The Labute approximate surface area is 196 Å². The number of benzene rings is 2. The SMILES string of the molecule is Cc1cc2n[nH]c(=O)n2c2cc(Br)ccc12.Cc1ccc(B2OC(C)(C)C(C)(C)O2)cc1. The summed E-state index contributed by atoms with van der Waals surface area (Å²) in [6.07, 6.45) is 0. The molecule has 0 saturated carbocycles. The van der Waals surface area contributed by atoms with Gasteiger partial charge in [0.2, 0.25) is 0 Å². The maximum Gasteiger partial charge on any atom is 0.494 e. The molecule has 0 radical (unpaired) electrons. The molecular weight excluding hydrogens is 469 g/mol. The third kappa shape index (κ3) is 4.14. The molecule has 1 fully saturated rings. The first kappa shape index (κ1) is 22.8. The lowest BCUT2D eigenvalue weighted by molar-refractivity contribution is 0.00578. The molecule has 0 amide bonds. The number of nitrogens with one attached hydrogen (secondary N) is 1. The number of aromatic amines is 1. The Bertz CT molecular complexity index is 1330. The Morgan fingerprint density at radius 1 is 0.969 bits per heavy atom. The highest BCUT2D eigenvalue weighted by Crippen LogP contribution is 2.36. The molecule has 0 aliphatic carbocycles. The fourth-order valence-electron chi connectivity index (χ4n) is 3.64. The van der Waals surface area contributed by atoms with E-state index in [1.807, 2.05) is 31.2 Å². The Morgan fingerprint density at radius 2 is 1.59 bits per heavy atom. The van der Waals surface area contributed by atoms with E-state index in [0.29, 0.717) is 5.65 Å². The van der Waals surface area contributed by atoms with Gasteiger partial charge >= 0.3 is 12.8 Å². The van der Waals surface area contributed by atoms with Crippen LogP contribution in [0.5, 0.6) is 0 Å². The number of pyridine rings is 1. The number of halogens is 1. The van der Waals surface area contributed by atoms with Crippen molar-refractivity contribution in [2.75, 3.05) is 0 Å². The Kier molecular flexibility index (Phi) is 5.82. The fourth-order valence-corrected chi connectivity index (χ4v) is 3.99. The predicted molar refractivity (Wildman–Crippen MR) is 133 cm³/mol. The van der Waals surface area contributed by atoms with Crippen LogP contribution in [0.4, 0.5) is 0 Å². The van der Waals surface area contributed by atoms with Gasteiger partial charge in [0.15, 0.2) is 5.65 Å². The second-order valence-corrected chi connectivity index (χ2v) is 10.1. The molecule has 0 atom stereocenters. The van der Waals surface area contributed by atoms with E-state index in [1.165, 1.54) is 5.56 Å². The molecule has 1 aliphatic rings. The summed E-state index contributed by atoms with van der Waals surface area (Å²) in [4.78, 5) is 11.6. The van der Waals surface area contributed by atoms with Gasteiger partial charge in [-0.3, -0.25) is 0 Å². The van der Waals surface area contributed by atoms with E-state index in [9.17, 15) is 4.79 Å². The van der Waals surface area contributed by atoms with Gasteiger partial charge in [-0.15, -0.1) is 0 Å². The molecule has 0 spiro atoms. The van der Waals surface area contributed by atoms with E-state index < -0.39 is 0 Å². The maximum atomic E-state index is 11.6. The van der Waals surface area contributed by atoms with Crippen LogP contribution < -0.4 is 11.2 Å². The molecular formula is C24H27BBrN3O3. The van der Waals surface area contributed by atoms with E-state index in [4.69, 9.17) is 9.31 Å². The summed E-state index contributed by atoms with van der Waals surface area (Å²) in [5, 5.41) is 7.48. The van der Waals surface area contributed by atoms with Crippen LogP contribution in [0, 0.1) is 13.8 Å². The zero-order valence-corrected chi connectivity index (χ0v) is 20.8. The summed E-state index contributed by atoms with van der Waals surface area (Å²) < 4.78 is 14.5. The normalized spacial score (nSPS) is 16.9. The quantitative estimate of drug-likeness (QED) is 0.393. The molecule has 1 saturated heterocycles. The predicted octanol–water partition coefficient (Wildman–Crippen LogP) is 4.54. The van der Waals surface area contributed by atoms with Crippen molar-refractivity contribution in [1.29, 1.82) is 0 Å². The number of rotatable bonds is 1. The monoisotopic (exact) mass is 495 g/mol. The van der Waals surface area contributed by atoms with Crippen LogP contribution in [-0.2, 0) is 9.31 Å². The minimum Gasteiger partial charge on any atom is -0.399 e. The third-order valence-corrected chi connectivity index (χ3v) is 6.77. The Balaban J connectivity index is 0.000000153. The molecule has 2 aromatic carbocycles. The van der Waals surface area contributed by atoms with Crippen LogP contribution in [0.15, 0.2) is 57.8 Å². The van der Waals surface area contributed by atoms with Crippen molar-refractivity contribution >= 4 is 45.1 Å². The molecule has 2 aromatic heterocycles. The second-order valence-electron chi connectivity index (χ2n) is 9.21. The van der Waals surface area contributed by atoms with Gasteiger partial charge in [-0.05, 0) is 70.8 Å². The molecule has 3 heterocycles. The summed E-state index contributed by atoms with van der Waals surface area (Å²) in [7, 11) is -0.245. The summed E-state index contributed by atoms with van der Waals surface area (Å²) in [5.74, 6) is 0. The van der Waals surface area contributed by atoms with Crippen molar-refractivity contribution in [3.8, 4) is 0 Å². The number of H-pyrrole nitrogens is 1. The lowest BCUT2D eigenvalue weighted by Gasteiger charge is -2.32. The van der Waals surface area contributed by atoms with Gasteiger partial charge in [-0.25, -0.2) is 14.3 Å². The van der Waals surface area contributed by atoms with Crippen LogP contribution >= 0.6 is 15.9 Å². The zero-order valence-electron chi connectivity index (χ0n) is 19.2. The maximum absolute atomic E-state index is 11.6. The van der Waals surface area contributed by atoms with E-state index >= 15 is 0 Å². The van der Waals surface area contributed by atoms with Crippen molar-refractivity contribution in [3.05, 3.63) is 74.6 Å². The van der Waals surface area contributed by atoms with E-state index in [2.05, 4.69) is 85.0 Å². The van der Waals surface area contributed by atoms with Gasteiger partial charge in [-0.1, -0.05) is 51.8 Å². The summed E-state index contributed by atoms with van der Waals surface area (Å²) >= 11 is 3.41. The highest BCUT2D eigenvalue weighted by Gasteiger charge is 2.51. The topological polar surface area (TPSA) is 68.6 Å². The van der Waals surface area contributed by atoms with E-state index in [-0.39, 0.29) is 24.0 Å². The highest BCUT2D eigenvalue weighted by molar-refractivity contribution is 9.10. The van der Waals surface area contributed by atoms with Crippen molar-refractivity contribution in [2.45, 2.75) is 52.7 Å². The molecule has 0 unspecified atom stereocenters. The van der Waals surface area contributed by atoms with E-state index in [0.717, 1.165) is 26.4 Å². The molecule has 166 valence electrons. The minimum absolute atomic E-state index is 0.210. The molecule has 4 aromatic rings. The molecule has 0 bridgehead atoms. The van der Waals surface area contributed by atoms with Crippen molar-refractivity contribution in [1.82, 2.24) is 14.6 Å². The van der Waals surface area contributed by atoms with Gasteiger partial charge < -0.3 is 9.31 Å². The van der Waals surface area contributed by atoms with Crippen LogP contribution in [-0.4, -0.2) is 32.9 Å². The van der Waals surface area contributed by atoms with Gasteiger partial charge in [0.1, 0.15) is 0 Å². The lowest BCUT2D eigenvalue weighted by Crippen LogP contribution is -2.41. The van der Waals surface area contributed by atoms with Crippen molar-refractivity contribution in [3.63, 3.8) is 0 Å². The third-order valence-electron chi connectivity index (χ3n) is 6.27. The van der Waals surface area contributed by atoms with Gasteiger partial charge in [0.25, 0.3) is 0 Å². The largest absolute Gasteiger partial charge is 0.494 e. The zero-order chi connectivity index (χ0) is 23.3. The first-order valence-electron chi connectivity index (χ1n) is 10.6. The summed E-state index contributed by atoms with van der Waals surface area (Å²) in [6.45, 7) is 12.4. The first-order valence-corrected chi connectivity index (χ1v) is 11.4.